The van der Waals surface area contributed by atoms with E-state index in [1.807, 2.05) is 30.3 Å². The summed E-state index contributed by atoms with van der Waals surface area (Å²) in [5.41, 5.74) is 3.07. The summed E-state index contributed by atoms with van der Waals surface area (Å²) in [5.74, 6) is 1.21. The molecule has 0 aliphatic heterocycles. The number of pyridine rings is 1. The van der Waals surface area contributed by atoms with Crippen molar-refractivity contribution < 1.29 is 9.53 Å². The van der Waals surface area contributed by atoms with Crippen LogP contribution in [0.2, 0.25) is 0 Å². The Labute approximate surface area is 176 Å². The number of hydrogen-bond acceptors (Lipinski definition) is 6. The summed E-state index contributed by atoms with van der Waals surface area (Å²) in [6.45, 7) is 2.14. The number of nitrogens with one attached hydrogen (secondary N) is 3. The summed E-state index contributed by atoms with van der Waals surface area (Å²) in [4.78, 5) is 25.1. The van der Waals surface area contributed by atoms with E-state index in [2.05, 4.69) is 32.8 Å². The van der Waals surface area contributed by atoms with E-state index in [9.17, 15) is 4.79 Å². The number of urea groups is 1. The van der Waals surface area contributed by atoms with Crippen LogP contribution in [0.5, 0.6) is 5.75 Å². The zero-order chi connectivity index (χ0) is 21.3. The van der Waals surface area contributed by atoms with E-state index in [1.165, 1.54) is 0 Å². The predicted molar refractivity (Wildman–Crippen MR) is 118 cm³/mol. The van der Waals surface area contributed by atoms with Gasteiger partial charge in [0.1, 0.15) is 11.6 Å². The van der Waals surface area contributed by atoms with E-state index in [-0.39, 0.29) is 12.1 Å². The number of ether oxygens (including phenoxy) is 1. The highest BCUT2D eigenvalue weighted by atomic mass is 16.5. The van der Waals surface area contributed by atoms with Crippen LogP contribution >= 0.6 is 0 Å². The van der Waals surface area contributed by atoms with Crippen LogP contribution in [0.4, 0.5) is 16.3 Å². The van der Waals surface area contributed by atoms with E-state index in [0.29, 0.717) is 22.9 Å². The summed E-state index contributed by atoms with van der Waals surface area (Å²) < 4.78 is 5.42. The van der Waals surface area contributed by atoms with Crippen molar-refractivity contribution in [2.75, 3.05) is 24.8 Å². The Morgan fingerprint density at radius 3 is 2.77 bits per heavy atom. The van der Waals surface area contributed by atoms with Crippen LogP contribution < -0.4 is 20.7 Å². The zero-order valence-electron chi connectivity index (χ0n) is 17.3. The van der Waals surface area contributed by atoms with Gasteiger partial charge < -0.3 is 20.7 Å². The first-order valence-corrected chi connectivity index (χ1v) is 9.81. The highest BCUT2D eigenvalue weighted by Crippen LogP contribution is 2.30. The highest BCUT2D eigenvalue weighted by Gasteiger charge is 2.14. The topological polar surface area (TPSA) is 101 Å². The first-order valence-electron chi connectivity index (χ1n) is 9.81. The standard InChI is InChI=1S/C22H26N6O2/c1-4-7-17(16-8-5-6-11-25-16)26-21-14-24-13-19(27-21)15-9-10-18(20(12-15)30-3)28-22(29)23-2/h5-6,8-14,17H,4,7H2,1-3H3,(H,26,27)(H2,23,28,29)/t17-/m0/s1. The minimum absolute atomic E-state index is 0.0504. The van der Waals surface area contributed by atoms with Gasteiger partial charge in [-0.15, -0.1) is 0 Å². The van der Waals surface area contributed by atoms with E-state index in [0.717, 1.165) is 24.1 Å². The van der Waals surface area contributed by atoms with Crippen LogP contribution in [0.1, 0.15) is 31.5 Å². The first kappa shape index (κ1) is 21.0. The molecule has 0 saturated heterocycles. The third-order valence-corrected chi connectivity index (χ3v) is 4.55. The van der Waals surface area contributed by atoms with E-state index in [1.54, 1.807) is 38.8 Å². The number of aromatic nitrogens is 3. The molecule has 3 aromatic rings. The molecule has 0 aliphatic rings. The second-order valence-electron chi connectivity index (χ2n) is 6.65. The van der Waals surface area contributed by atoms with Gasteiger partial charge >= 0.3 is 6.03 Å². The smallest absolute Gasteiger partial charge is 0.319 e. The number of nitrogens with zero attached hydrogens (tertiary/aromatic N) is 3. The fourth-order valence-electron chi connectivity index (χ4n) is 3.06. The van der Waals surface area contributed by atoms with Gasteiger partial charge in [-0.1, -0.05) is 25.5 Å². The van der Waals surface area contributed by atoms with Crippen LogP contribution in [0.25, 0.3) is 11.3 Å². The van der Waals surface area contributed by atoms with E-state index >= 15 is 0 Å². The number of rotatable bonds is 8. The summed E-state index contributed by atoms with van der Waals surface area (Å²) in [6.07, 6.45) is 7.13. The maximum Gasteiger partial charge on any atom is 0.319 e. The van der Waals surface area contributed by atoms with Gasteiger partial charge in [0.05, 0.1) is 42.6 Å². The lowest BCUT2D eigenvalue weighted by Crippen LogP contribution is -2.24. The Balaban J connectivity index is 1.85. The summed E-state index contributed by atoms with van der Waals surface area (Å²) >= 11 is 0. The highest BCUT2D eigenvalue weighted by molar-refractivity contribution is 5.91. The third-order valence-electron chi connectivity index (χ3n) is 4.55. The van der Waals surface area contributed by atoms with Crippen molar-refractivity contribution in [2.45, 2.75) is 25.8 Å². The molecule has 30 heavy (non-hydrogen) atoms. The number of methoxy groups -OCH3 is 1. The minimum atomic E-state index is -0.316. The molecular formula is C22H26N6O2. The number of carbonyl (C=O) groups excluding carboxylic acids is 1. The summed E-state index contributed by atoms with van der Waals surface area (Å²) in [5, 5.41) is 8.70. The normalized spacial score (nSPS) is 11.4. The van der Waals surface area contributed by atoms with Crippen molar-refractivity contribution >= 4 is 17.5 Å². The number of benzene rings is 1. The van der Waals surface area contributed by atoms with Crippen molar-refractivity contribution in [1.29, 1.82) is 0 Å². The van der Waals surface area contributed by atoms with E-state index < -0.39 is 0 Å². The lowest BCUT2D eigenvalue weighted by molar-refractivity contribution is 0.254. The van der Waals surface area contributed by atoms with Crippen molar-refractivity contribution in [3.05, 3.63) is 60.7 Å². The Morgan fingerprint density at radius 1 is 1.20 bits per heavy atom. The second kappa shape index (κ2) is 10.2. The second-order valence-corrected chi connectivity index (χ2v) is 6.65. The number of amides is 2. The van der Waals surface area contributed by atoms with Crippen LogP contribution in [0.15, 0.2) is 55.0 Å². The van der Waals surface area contributed by atoms with Crippen molar-refractivity contribution in [2.24, 2.45) is 0 Å². The van der Waals surface area contributed by atoms with Gasteiger partial charge in [-0.05, 0) is 30.7 Å². The molecule has 0 radical (unpaired) electrons. The Kier molecular flexibility index (Phi) is 7.15. The van der Waals surface area contributed by atoms with Gasteiger partial charge in [-0.3, -0.25) is 9.97 Å². The van der Waals surface area contributed by atoms with Gasteiger partial charge in [-0.25, -0.2) is 9.78 Å². The molecule has 1 aromatic carbocycles. The van der Waals surface area contributed by atoms with Crippen molar-refractivity contribution in [3.8, 4) is 17.0 Å². The first-order chi connectivity index (χ1) is 14.6. The lowest BCUT2D eigenvalue weighted by Gasteiger charge is -2.18. The molecule has 0 aliphatic carbocycles. The van der Waals surface area contributed by atoms with E-state index in [4.69, 9.17) is 9.72 Å². The molecule has 0 spiro atoms. The molecule has 0 bridgehead atoms. The SMILES string of the molecule is CCC[C@H](Nc1cncc(-c2ccc(NC(=O)NC)c(OC)c2)n1)c1ccccn1. The Hall–Kier alpha value is -3.68. The monoisotopic (exact) mass is 406 g/mol. The molecule has 8 heteroatoms. The summed E-state index contributed by atoms with van der Waals surface area (Å²) in [7, 11) is 3.11. The molecule has 0 unspecified atom stereocenters. The quantitative estimate of drug-likeness (QED) is 0.517. The molecular weight excluding hydrogens is 380 g/mol. The van der Waals surface area contributed by atoms with Gasteiger partial charge in [0, 0.05) is 18.8 Å². The average Bonchev–Trinajstić information content (AvgIpc) is 2.79. The number of anilines is 2. The molecule has 2 amide bonds. The molecule has 0 saturated carbocycles. The van der Waals surface area contributed by atoms with Crippen LogP contribution in [0, 0.1) is 0 Å². The van der Waals surface area contributed by atoms with Crippen LogP contribution in [-0.4, -0.2) is 35.1 Å². The molecule has 2 heterocycles. The fraction of sp³-hybridized carbons (Fsp3) is 0.273. The predicted octanol–water partition coefficient (Wildman–Crippen LogP) is 4.25. The molecule has 8 nitrogen and oxygen atoms in total. The fourth-order valence-corrected chi connectivity index (χ4v) is 3.06. The van der Waals surface area contributed by atoms with Gasteiger partial charge in [-0.2, -0.15) is 0 Å². The maximum absolute atomic E-state index is 11.6. The summed E-state index contributed by atoms with van der Waals surface area (Å²) in [6, 6.07) is 11.1. The molecule has 3 N–H and O–H groups in total. The maximum atomic E-state index is 11.6. The van der Waals surface area contributed by atoms with Gasteiger partial charge in [0.2, 0.25) is 0 Å². The third kappa shape index (κ3) is 5.22. The molecule has 1 atom stereocenters. The lowest BCUT2D eigenvalue weighted by atomic mass is 10.1. The van der Waals surface area contributed by atoms with Gasteiger partial charge in [0.25, 0.3) is 0 Å². The number of hydrogen-bond donors (Lipinski definition) is 3. The average molecular weight is 406 g/mol. The van der Waals surface area contributed by atoms with Gasteiger partial charge in [0.15, 0.2) is 0 Å². The number of carbonyl (C=O) groups is 1. The Bertz CT molecular complexity index is 980. The van der Waals surface area contributed by atoms with Crippen LogP contribution in [-0.2, 0) is 0 Å². The Morgan fingerprint density at radius 2 is 2.07 bits per heavy atom. The van der Waals surface area contributed by atoms with Crippen molar-refractivity contribution in [3.63, 3.8) is 0 Å². The minimum Gasteiger partial charge on any atom is -0.495 e. The molecule has 0 fully saturated rings. The molecule has 2 aromatic heterocycles. The molecule has 3 rings (SSSR count). The van der Waals surface area contributed by atoms with Crippen LogP contribution in [0.3, 0.4) is 0 Å². The largest absolute Gasteiger partial charge is 0.495 e. The van der Waals surface area contributed by atoms with Crippen molar-refractivity contribution in [1.82, 2.24) is 20.3 Å². The molecule has 156 valence electrons. The zero-order valence-corrected chi connectivity index (χ0v) is 17.3.